The van der Waals surface area contributed by atoms with Crippen LogP contribution in [-0.2, 0) is 4.74 Å². The summed E-state index contributed by atoms with van der Waals surface area (Å²) in [4.78, 5) is 4.56. The normalized spacial score (nSPS) is 18.8. The molecule has 0 saturated carbocycles. The van der Waals surface area contributed by atoms with Gasteiger partial charge in [0.05, 0.1) is 0 Å². The highest BCUT2D eigenvalue weighted by atomic mass is 32.2. The van der Waals surface area contributed by atoms with Crippen molar-refractivity contribution in [3.05, 3.63) is 23.9 Å². The zero-order chi connectivity index (χ0) is 12.8. The van der Waals surface area contributed by atoms with Gasteiger partial charge in [0.15, 0.2) is 0 Å². The van der Waals surface area contributed by atoms with Crippen molar-refractivity contribution in [1.82, 2.24) is 10.3 Å². The fourth-order valence-corrected chi connectivity index (χ4v) is 3.45. The second kappa shape index (κ2) is 7.12. The molecule has 0 spiro atoms. The molecular formula is C14H22N2OS. The van der Waals surface area contributed by atoms with Crippen LogP contribution in [0.5, 0.6) is 0 Å². The minimum Gasteiger partial charge on any atom is -0.381 e. The van der Waals surface area contributed by atoms with Crippen LogP contribution in [0.3, 0.4) is 0 Å². The molecule has 1 unspecified atom stereocenters. The van der Waals surface area contributed by atoms with Crippen LogP contribution in [0.4, 0.5) is 0 Å². The first-order valence-corrected chi connectivity index (χ1v) is 7.62. The van der Waals surface area contributed by atoms with Crippen molar-refractivity contribution in [2.45, 2.75) is 43.0 Å². The molecule has 1 atom stereocenters. The Balaban J connectivity index is 2.06. The van der Waals surface area contributed by atoms with Gasteiger partial charge in [-0.3, -0.25) is 0 Å². The van der Waals surface area contributed by atoms with Crippen molar-refractivity contribution in [3.8, 4) is 0 Å². The van der Waals surface area contributed by atoms with Crippen LogP contribution in [0.15, 0.2) is 23.4 Å². The van der Waals surface area contributed by atoms with Crippen molar-refractivity contribution in [2.24, 2.45) is 0 Å². The van der Waals surface area contributed by atoms with Gasteiger partial charge in [0.2, 0.25) is 0 Å². The largest absolute Gasteiger partial charge is 0.381 e. The molecule has 0 radical (unpaired) electrons. The van der Waals surface area contributed by atoms with E-state index in [2.05, 4.69) is 30.2 Å². The van der Waals surface area contributed by atoms with Crippen molar-refractivity contribution in [2.75, 3.05) is 19.8 Å². The number of hydrogen-bond donors (Lipinski definition) is 1. The third-order valence-electron chi connectivity index (χ3n) is 3.22. The molecule has 0 bridgehead atoms. The molecule has 0 aromatic carbocycles. The number of rotatable bonds is 5. The highest BCUT2D eigenvalue weighted by Crippen LogP contribution is 2.32. The molecule has 100 valence electrons. The van der Waals surface area contributed by atoms with Gasteiger partial charge in [0.1, 0.15) is 5.03 Å². The Hall–Kier alpha value is -0.580. The van der Waals surface area contributed by atoms with E-state index in [0.29, 0.717) is 11.3 Å². The van der Waals surface area contributed by atoms with Crippen molar-refractivity contribution in [1.29, 1.82) is 0 Å². The predicted octanol–water partition coefficient (Wildman–Crippen LogP) is 3.02. The minimum absolute atomic E-state index is 0.367. The van der Waals surface area contributed by atoms with Crippen molar-refractivity contribution >= 4 is 11.8 Å². The number of aromatic nitrogens is 1. The van der Waals surface area contributed by atoms with Gasteiger partial charge in [0, 0.05) is 36.3 Å². The molecule has 1 fully saturated rings. The maximum absolute atomic E-state index is 5.41. The molecule has 1 aromatic heterocycles. The zero-order valence-corrected chi connectivity index (χ0v) is 12.0. The SMILES string of the molecule is CCNC(C)c1cccnc1SC1CCOCC1. The molecule has 18 heavy (non-hydrogen) atoms. The smallest absolute Gasteiger partial charge is 0.101 e. The number of pyridine rings is 1. The molecule has 1 aliphatic heterocycles. The molecule has 0 aliphatic carbocycles. The fourth-order valence-electron chi connectivity index (χ4n) is 2.20. The van der Waals surface area contributed by atoms with Crippen LogP contribution in [0.1, 0.15) is 38.3 Å². The summed E-state index contributed by atoms with van der Waals surface area (Å²) < 4.78 is 5.41. The molecule has 3 nitrogen and oxygen atoms in total. The van der Waals surface area contributed by atoms with E-state index >= 15 is 0 Å². The second-order valence-corrected chi connectivity index (χ2v) is 5.90. The maximum atomic E-state index is 5.41. The summed E-state index contributed by atoms with van der Waals surface area (Å²) in [6, 6.07) is 4.57. The van der Waals surface area contributed by atoms with Crippen LogP contribution < -0.4 is 5.32 Å². The summed E-state index contributed by atoms with van der Waals surface area (Å²) in [5, 5.41) is 5.29. The third-order valence-corrected chi connectivity index (χ3v) is 4.59. The van der Waals surface area contributed by atoms with Gasteiger partial charge in [-0.2, -0.15) is 0 Å². The molecular weight excluding hydrogens is 244 g/mol. The first-order chi connectivity index (χ1) is 8.81. The minimum atomic E-state index is 0.367. The highest BCUT2D eigenvalue weighted by Gasteiger charge is 2.18. The summed E-state index contributed by atoms with van der Waals surface area (Å²) >= 11 is 1.91. The quantitative estimate of drug-likeness (QED) is 0.888. The van der Waals surface area contributed by atoms with E-state index in [1.807, 2.05) is 24.0 Å². The number of thioether (sulfide) groups is 1. The van der Waals surface area contributed by atoms with Crippen LogP contribution in [-0.4, -0.2) is 30.0 Å². The topological polar surface area (TPSA) is 34.2 Å². The lowest BCUT2D eigenvalue weighted by atomic mass is 10.1. The van der Waals surface area contributed by atoms with E-state index in [4.69, 9.17) is 4.74 Å². The summed E-state index contributed by atoms with van der Waals surface area (Å²) in [6.07, 6.45) is 4.16. The summed E-state index contributed by atoms with van der Waals surface area (Å²) in [6.45, 7) is 7.11. The Morgan fingerprint density at radius 3 is 3.00 bits per heavy atom. The molecule has 0 amide bonds. The Morgan fingerprint density at radius 2 is 2.28 bits per heavy atom. The Bertz CT molecular complexity index is 367. The number of nitrogens with zero attached hydrogens (tertiary/aromatic N) is 1. The zero-order valence-electron chi connectivity index (χ0n) is 11.2. The fraction of sp³-hybridized carbons (Fsp3) is 0.643. The number of nitrogens with one attached hydrogen (secondary N) is 1. The van der Waals surface area contributed by atoms with Gasteiger partial charge in [0.25, 0.3) is 0 Å². The monoisotopic (exact) mass is 266 g/mol. The van der Waals surface area contributed by atoms with E-state index in [0.717, 1.165) is 32.6 Å². The Labute approximate surface area is 114 Å². The third kappa shape index (κ3) is 3.70. The molecule has 4 heteroatoms. The van der Waals surface area contributed by atoms with E-state index in [9.17, 15) is 0 Å². The first kappa shape index (κ1) is 13.8. The lowest BCUT2D eigenvalue weighted by molar-refractivity contribution is 0.1000. The van der Waals surface area contributed by atoms with E-state index in [1.54, 1.807) is 0 Å². The summed E-state index contributed by atoms with van der Waals surface area (Å²) in [7, 11) is 0. The molecule has 1 saturated heterocycles. The maximum Gasteiger partial charge on any atom is 0.101 e. The highest BCUT2D eigenvalue weighted by molar-refractivity contribution is 7.99. The Morgan fingerprint density at radius 1 is 1.50 bits per heavy atom. The van der Waals surface area contributed by atoms with Gasteiger partial charge in [-0.05, 0) is 32.4 Å². The Kier molecular flexibility index (Phi) is 5.47. The average molecular weight is 266 g/mol. The van der Waals surface area contributed by atoms with E-state index < -0.39 is 0 Å². The average Bonchev–Trinajstić information content (AvgIpc) is 2.41. The van der Waals surface area contributed by atoms with Crippen LogP contribution in [0.25, 0.3) is 0 Å². The molecule has 1 aliphatic rings. The van der Waals surface area contributed by atoms with Gasteiger partial charge >= 0.3 is 0 Å². The van der Waals surface area contributed by atoms with Crippen LogP contribution in [0.2, 0.25) is 0 Å². The first-order valence-electron chi connectivity index (χ1n) is 6.74. The summed E-state index contributed by atoms with van der Waals surface area (Å²) in [5.41, 5.74) is 1.32. The second-order valence-electron chi connectivity index (χ2n) is 4.61. The lowest BCUT2D eigenvalue weighted by Gasteiger charge is -2.23. The molecule has 2 heterocycles. The van der Waals surface area contributed by atoms with Crippen LogP contribution >= 0.6 is 11.8 Å². The molecule has 2 rings (SSSR count). The number of ether oxygens (including phenoxy) is 1. The van der Waals surface area contributed by atoms with E-state index in [-0.39, 0.29) is 0 Å². The predicted molar refractivity (Wildman–Crippen MR) is 76.0 cm³/mol. The van der Waals surface area contributed by atoms with E-state index in [1.165, 1.54) is 10.6 Å². The van der Waals surface area contributed by atoms with Gasteiger partial charge in [-0.1, -0.05) is 13.0 Å². The van der Waals surface area contributed by atoms with Crippen molar-refractivity contribution < 1.29 is 4.74 Å². The molecule has 1 N–H and O–H groups in total. The number of hydrogen-bond acceptors (Lipinski definition) is 4. The molecule has 1 aromatic rings. The standard InChI is InChI=1S/C14H22N2OS/c1-3-15-11(2)13-5-4-8-16-14(13)18-12-6-9-17-10-7-12/h4-5,8,11-12,15H,3,6-7,9-10H2,1-2H3. The van der Waals surface area contributed by atoms with Gasteiger partial charge in [-0.15, -0.1) is 11.8 Å². The summed E-state index contributed by atoms with van der Waals surface area (Å²) in [5.74, 6) is 0. The lowest BCUT2D eigenvalue weighted by Crippen LogP contribution is -2.20. The van der Waals surface area contributed by atoms with Gasteiger partial charge in [-0.25, -0.2) is 4.98 Å². The van der Waals surface area contributed by atoms with Gasteiger partial charge < -0.3 is 10.1 Å². The van der Waals surface area contributed by atoms with Crippen LogP contribution in [0, 0.1) is 0 Å². The van der Waals surface area contributed by atoms with Crippen molar-refractivity contribution in [3.63, 3.8) is 0 Å².